The maximum absolute atomic E-state index is 10.3. The van der Waals surface area contributed by atoms with Gasteiger partial charge in [0.15, 0.2) is 0 Å². The van der Waals surface area contributed by atoms with Crippen molar-refractivity contribution in [3.8, 4) is 0 Å². The number of nitrogens with two attached hydrogens (primary N) is 1. The summed E-state index contributed by atoms with van der Waals surface area (Å²) in [6.07, 6.45) is 1.51. The highest BCUT2D eigenvalue weighted by Crippen LogP contribution is 2.22. The largest absolute Gasteiger partial charge is 0.390 e. The molecule has 0 radical (unpaired) electrons. The van der Waals surface area contributed by atoms with E-state index in [1.807, 2.05) is 18.2 Å². The lowest BCUT2D eigenvalue weighted by Gasteiger charge is -2.27. The minimum atomic E-state index is -0.451. The second-order valence-corrected chi connectivity index (χ2v) is 6.06. The van der Waals surface area contributed by atoms with E-state index in [0.717, 1.165) is 18.9 Å². The third-order valence-corrected chi connectivity index (χ3v) is 4.14. The van der Waals surface area contributed by atoms with Crippen LogP contribution in [0.2, 0.25) is 0 Å². The summed E-state index contributed by atoms with van der Waals surface area (Å²) in [5.74, 6) is 0.729. The maximum Gasteiger partial charge on any atom is 0.0821 e. The summed E-state index contributed by atoms with van der Waals surface area (Å²) < 4.78 is 0. The monoisotopic (exact) mass is 262 g/mol. The summed E-state index contributed by atoms with van der Waals surface area (Å²) >= 11 is 0. The summed E-state index contributed by atoms with van der Waals surface area (Å²) in [5.41, 5.74) is 7.32. The van der Waals surface area contributed by atoms with Gasteiger partial charge in [-0.2, -0.15) is 0 Å². The number of aliphatic hydroxyl groups excluding tert-OH is 1. The fourth-order valence-electron chi connectivity index (χ4n) is 3.04. The molecule has 1 aromatic rings. The van der Waals surface area contributed by atoms with Gasteiger partial charge in [0.1, 0.15) is 0 Å². The first kappa shape index (κ1) is 14.5. The van der Waals surface area contributed by atoms with Gasteiger partial charge in [-0.05, 0) is 31.2 Å². The molecule has 19 heavy (non-hydrogen) atoms. The third kappa shape index (κ3) is 4.03. The SMILES string of the molecule is CC1CC(C)N(CC(O)C(N)Cc2ccccc2)C1. The van der Waals surface area contributed by atoms with Crippen molar-refractivity contribution in [2.75, 3.05) is 13.1 Å². The Kier molecular flexibility index (Phi) is 4.97. The smallest absolute Gasteiger partial charge is 0.0821 e. The fourth-order valence-corrected chi connectivity index (χ4v) is 3.04. The van der Waals surface area contributed by atoms with Crippen molar-refractivity contribution in [1.29, 1.82) is 0 Å². The Bertz CT molecular complexity index is 382. The van der Waals surface area contributed by atoms with Crippen LogP contribution in [0.25, 0.3) is 0 Å². The van der Waals surface area contributed by atoms with Crippen LogP contribution in [0, 0.1) is 5.92 Å². The molecule has 3 heteroatoms. The van der Waals surface area contributed by atoms with Crippen LogP contribution in [-0.2, 0) is 6.42 Å². The van der Waals surface area contributed by atoms with E-state index in [4.69, 9.17) is 5.73 Å². The summed E-state index contributed by atoms with van der Waals surface area (Å²) in [6.45, 7) is 6.28. The molecule has 1 aromatic carbocycles. The van der Waals surface area contributed by atoms with Gasteiger partial charge in [0.25, 0.3) is 0 Å². The summed E-state index contributed by atoms with van der Waals surface area (Å²) in [5, 5.41) is 10.3. The number of hydrogen-bond donors (Lipinski definition) is 2. The van der Waals surface area contributed by atoms with Crippen molar-refractivity contribution in [1.82, 2.24) is 4.90 Å². The topological polar surface area (TPSA) is 49.5 Å². The predicted octanol–water partition coefficient (Wildman–Crippen LogP) is 1.65. The molecule has 0 spiro atoms. The molecule has 0 amide bonds. The van der Waals surface area contributed by atoms with E-state index in [2.05, 4.69) is 30.9 Å². The summed E-state index contributed by atoms with van der Waals surface area (Å²) in [6, 6.07) is 10.5. The van der Waals surface area contributed by atoms with E-state index in [1.54, 1.807) is 0 Å². The average molecular weight is 262 g/mol. The number of rotatable bonds is 5. The van der Waals surface area contributed by atoms with Gasteiger partial charge in [-0.25, -0.2) is 0 Å². The normalized spacial score (nSPS) is 27.4. The van der Waals surface area contributed by atoms with Crippen LogP contribution in [0.3, 0.4) is 0 Å². The molecular formula is C16H26N2O. The number of aliphatic hydroxyl groups is 1. The van der Waals surface area contributed by atoms with Gasteiger partial charge in [-0.3, -0.25) is 4.90 Å². The van der Waals surface area contributed by atoms with E-state index in [0.29, 0.717) is 12.6 Å². The number of likely N-dealkylation sites (tertiary alicyclic amines) is 1. The highest BCUT2D eigenvalue weighted by molar-refractivity contribution is 5.16. The fraction of sp³-hybridized carbons (Fsp3) is 0.625. The second kappa shape index (κ2) is 6.51. The van der Waals surface area contributed by atoms with Crippen LogP contribution in [0.4, 0.5) is 0 Å². The first-order chi connectivity index (χ1) is 9.06. The lowest BCUT2D eigenvalue weighted by atomic mass is 10.0. The highest BCUT2D eigenvalue weighted by Gasteiger charge is 2.29. The molecule has 0 aromatic heterocycles. The number of hydrogen-bond acceptors (Lipinski definition) is 3. The van der Waals surface area contributed by atoms with E-state index >= 15 is 0 Å². The zero-order chi connectivity index (χ0) is 13.8. The zero-order valence-electron chi connectivity index (χ0n) is 12.0. The molecule has 3 nitrogen and oxygen atoms in total. The van der Waals surface area contributed by atoms with Gasteiger partial charge in [-0.15, -0.1) is 0 Å². The quantitative estimate of drug-likeness (QED) is 0.848. The lowest BCUT2D eigenvalue weighted by molar-refractivity contribution is 0.0872. The standard InChI is InChI=1S/C16H26N2O/c1-12-8-13(2)18(10-12)11-16(19)15(17)9-14-6-4-3-5-7-14/h3-7,12-13,15-16,19H,8-11,17H2,1-2H3. The Balaban J connectivity index is 1.84. The molecule has 0 bridgehead atoms. The molecule has 0 aliphatic carbocycles. The molecule has 106 valence electrons. The van der Waals surface area contributed by atoms with Crippen LogP contribution >= 0.6 is 0 Å². The van der Waals surface area contributed by atoms with Crippen molar-refractivity contribution in [2.24, 2.45) is 11.7 Å². The van der Waals surface area contributed by atoms with Gasteiger partial charge in [0, 0.05) is 25.2 Å². The lowest BCUT2D eigenvalue weighted by Crippen LogP contribution is -2.45. The van der Waals surface area contributed by atoms with Crippen LogP contribution in [0.1, 0.15) is 25.8 Å². The Hall–Kier alpha value is -0.900. The average Bonchev–Trinajstić information content (AvgIpc) is 2.69. The molecule has 1 saturated heterocycles. The van der Waals surface area contributed by atoms with Gasteiger partial charge < -0.3 is 10.8 Å². The number of β-amino-alcohol motifs (C(OH)–C–C–N with tert-alkyl or cyclic N) is 1. The van der Waals surface area contributed by atoms with Gasteiger partial charge >= 0.3 is 0 Å². The van der Waals surface area contributed by atoms with Gasteiger partial charge in [-0.1, -0.05) is 37.3 Å². The molecular weight excluding hydrogens is 236 g/mol. The van der Waals surface area contributed by atoms with Crippen molar-refractivity contribution in [3.05, 3.63) is 35.9 Å². The number of nitrogens with zero attached hydrogens (tertiary/aromatic N) is 1. The minimum Gasteiger partial charge on any atom is -0.390 e. The van der Waals surface area contributed by atoms with Crippen molar-refractivity contribution in [2.45, 2.75) is 44.9 Å². The van der Waals surface area contributed by atoms with E-state index in [-0.39, 0.29) is 6.04 Å². The van der Waals surface area contributed by atoms with Crippen molar-refractivity contribution >= 4 is 0 Å². The molecule has 4 unspecified atom stereocenters. The molecule has 0 saturated carbocycles. The van der Waals surface area contributed by atoms with Crippen LogP contribution in [0.5, 0.6) is 0 Å². The molecule has 2 rings (SSSR count). The van der Waals surface area contributed by atoms with Gasteiger partial charge in [0.05, 0.1) is 6.10 Å². The van der Waals surface area contributed by atoms with E-state index in [1.165, 1.54) is 12.0 Å². The highest BCUT2D eigenvalue weighted by atomic mass is 16.3. The molecule has 1 aliphatic heterocycles. The molecule has 1 fully saturated rings. The Morgan fingerprint density at radius 1 is 1.32 bits per heavy atom. The van der Waals surface area contributed by atoms with Crippen LogP contribution < -0.4 is 5.73 Å². The minimum absolute atomic E-state index is 0.189. The summed E-state index contributed by atoms with van der Waals surface area (Å²) in [4.78, 5) is 2.36. The molecule has 1 aliphatic rings. The maximum atomic E-state index is 10.3. The second-order valence-electron chi connectivity index (χ2n) is 6.06. The van der Waals surface area contributed by atoms with Crippen LogP contribution in [0.15, 0.2) is 30.3 Å². The Labute approximate surface area is 116 Å². The van der Waals surface area contributed by atoms with Gasteiger partial charge in [0.2, 0.25) is 0 Å². The predicted molar refractivity (Wildman–Crippen MR) is 78.9 cm³/mol. The Morgan fingerprint density at radius 2 is 2.00 bits per heavy atom. The zero-order valence-corrected chi connectivity index (χ0v) is 12.0. The third-order valence-electron chi connectivity index (χ3n) is 4.14. The van der Waals surface area contributed by atoms with E-state index in [9.17, 15) is 5.11 Å². The first-order valence-corrected chi connectivity index (χ1v) is 7.28. The Morgan fingerprint density at radius 3 is 2.58 bits per heavy atom. The van der Waals surface area contributed by atoms with Crippen molar-refractivity contribution < 1.29 is 5.11 Å². The van der Waals surface area contributed by atoms with E-state index < -0.39 is 6.10 Å². The summed E-state index contributed by atoms with van der Waals surface area (Å²) in [7, 11) is 0. The van der Waals surface area contributed by atoms with Crippen LogP contribution in [-0.4, -0.2) is 41.3 Å². The van der Waals surface area contributed by atoms with Crippen molar-refractivity contribution in [3.63, 3.8) is 0 Å². The molecule has 4 atom stereocenters. The molecule has 3 N–H and O–H groups in total. The first-order valence-electron chi connectivity index (χ1n) is 7.28. The number of benzene rings is 1. The molecule has 1 heterocycles.